The first-order valence-corrected chi connectivity index (χ1v) is 3.76. The van der Waals surface area contributed by atoms with Gasteiger partial charge in [0.25, 0.3) is 0 Å². The summed E-state index contributed by atoms with van der Waals surface area (Å²) >= 11 is 0. The van der Waals surface area contributed by atoms with Crippen LogP contribution in [0.15, 0.2) is 12.7 Å². The topological polar surface area (TPSA) is 58.9 Å². The molecule has 72 valence electrons. The Hall–Kier alpha value is -0.420. The van der Waals surface area contributed by atoms with Crippen LogP contribution < -0.4 is 0 Å². The predicted molar refractivity (Wildman–Crippen MR) is 44.9 cm³/mol. The minimum atomic E-state index is -0.792. The van der Waals surface area contributed by atoms with Gasteiger partial charge in [-0.05, 0) is 0 Å². The first-order valence-electron chi connectivity index (χ1n) is 3.76. The first-order chi connectivity index (χ1) is 5.76. The highest BCUT2D eigenvalue weighted by molar-refractivity contribution is 4.71. The fourth-order valence-electron chi connectivity index (χ4n) is 0.755. The molecule has 0 heterocycles. The third-order valence-electron chi connectivity index (χ3n) is 1.37. The zero-order valence-corrected chi connectivity index (χ0v) is 7.27. The zero-order valence-electron chi connectivity index (χ0n) is 7.27. The summed E-state index contributed by atoms with van der Waals surface area (Å²) in [6.45, 7) is 3.70. The average molecular weight is 176 g/mol. The van der Waals surface area contributed by atoms with E-state index >= 15 is 0 Å². The van der Waals surface area contributed by atoms with Crippen molar-refractivity contribution in [1.29, 1.82) is 0 Å². The van der Waals surface area contributed by atoms with Gasteiger partial charge in [-0.15, -0.1) is 6.58 Å². The van der Waals surface area contributed by atoms with E-state index in [4.69, 9.17) is 14.6 Å². The maximum atomic E-state index is 9.29. The van der Waals surface area contributed by atoms with E-state index in [0.29, 0.717) is 6.61 Å². The van der Waals surface area contributed by atoms with E-state index < -0.39 is 12.2 Å². The van der Waals surface area contributed by atoms with E-state index in [1.54, 1.807) is 6.08 Å². The Kier molecular flexibility index (Phi) is 6.99. The van der Waals surface area contributed by atoms with E-state index in [1.807, 2.05) is 0 Å². The molecular weight excluding hydrogens is 160 g/mol. The minimum absolute atomic E-state index is 0.155. The van der Waals surface area contributed by atoms with Crippen LogP contribution >= 0.6 is 0 Å². The Morgan fingerprint density at radius 2 is 2.25 bits per heavy atom. The standard InChI is InChI=1S/C8H16O4/c1-3-4-12-8(5-9)7(10)6-11-2/h3,7-10H,1,4-6H2,2H3. The van der Waals surface area contributed by atoms with Crippen LogP contribution in [0.4, 0.5) is 0 Å². The van der Waals surface area contributed by atoms with Gasteiger partial charge in [-0.3, -0.25) is 0 Å². The van der Waals surface area contributed by atoms with Gasteiger partial charge in [-0.2, -0.15) is 0 Å². The molecule has 0 aliphatic rings. The predicted octanol–water partition coefficient (Wildman–Crippen LogP) is -0.443. The van der Waals surface area contributed by atoms with Gasteiger partial charge in [-0.25, -0.2) is 0 Å². The molecule has 12 heavy (non-hydrogen) atoms. The number of aliphatic hydroxyl groups is 2. The van der Waals surface area contributed by atoms with Crippen LogP contribution in [-0.4, -0.2) is 49.4 Å². The van der Waals surface area contributed by atoms with E-state index in [9.17, 15) is 5.11 Å². The fourth-order valence-corrected chi connectivity index (χ4v) is 0.755. The second kappa shape index (κ2) is 7.24. The van der Waals surface area contributed by atoms with Crippen LogP contribution in [0.2, 0.25) is 0 Å². The van der Waals surface area contributed by atoms with Gasteiger partial charge < -0.3 is 19.7 Å². The van der Waals surface area contributed by atoms with Crippen molar-refractivity contribution in [2.75, 3.05) is 26.9 Å². The maximum absolute atomic E-state index is 9.29. The largest absolute Gasteiger partial charge is 0.394 e. The molecule has 2 atom stereocenters. The van der Waals surface area contributed by atoms with E-state index in [-0.39, 0.29) is 13.2 Å². The van der Waals surface area contributed by atoms with Crippen LogP contribution in [0.25, 0.3) is 0 Å². The van der Waals surface area contributed by atoms with Crippen molar-refractivity contribution in [3.8, 4) is 0 Å². The van der Waals surface area contributed by atoms with E-state index in [0.717, 1.165) is 0 Å². The van der Waals surface area contributed by atoms with E-state index in [2.05, 4.69) is 6.58 Å². The lowest BCUT2D eigenvalue weighted by atomic mass is 10.2. The second-order valence-electron chi connectivity index (χ2n) is 2.37. The monoisotopic (exact) mass is 176 g/mol. The molecule has 0 aromatic carbocycles. The van der Waals surface area contributed by atoms with Crippen LogP contribution in [0.1, 0.15) is 0 Å². The number of aliphatic hydroxyl groups excluding tert-OH is 2. The van der Waals surface area contributed by atoms with Crippen molar-refractivity contribution in [2.24, 2.45) is 0 Å². The second-order valence-corrected chi connectivity index (χ2v) is 2.37. The van der Waals surface area contributed by atoms with Crippen LogP contribution in [-0.2, 0) is 9.47 Å². The molecule has 0 saturated carbocycles. The highest BCUT2D eigenvalue weighted by Gasteiger charge is 2.17. The van der Waals surface area contributed by atoms with Crippen LogP contribution in [0.5, 0.6) is 0 Å². The smallest absolute Gasteiger partial charge is 0.109 e. The quantitative estimate of drug-likeness (QED) is 0.516. The summed E-state index contributed by atoms with van der Waals surface area (Å²) in [5, 5.41) is 18.1. The number of ether oxygens (including phenoxy) is 2. The highest BCUT2D eigenvalue weighted by atomic mass is 16.5. The molecule has 0 fully saturated rings. The summed E-state index contributed by atoms with van der Waals surface area (Å²) in [7, 11) is 1.48. The molecule has 0 aromatic heterocycles. The van der Waals surface area contributed by atoms with Crippen molar-refractivity contribution in [3.05, 3.63) is 12.7 Å². The highest BCUT2D eigenvalue weighted by Crippen LogP contribution is 1.99. The maximum Gasteiger partial charge on any atom is 0.109 e. The van der Waals surface area contributed by atoms with Crippen molar-refractivity contribution < 1.29 is 19.7 Å². The molecule has 0 rings (SSSR count). The zero-order chi connectivity index (χ0) is 9.40. The van der Waals surface area contributed by atoms with Gasteiger partial charge in [0.05, 0.1) is 19.8 Å². The fraction of sp³-hybridized carbons (Fsp3) is 0.750. The summed E-state index contributed by atoms with van der Waals surface area (Å²) in [4.78, 5) is 0. The number of hydrogen-bond acceptors (Lipinski definition) is 4. The van der Waals surface area contributed by atoms with Crippen LogP contribution in [0, 0.1) is 0 Å². The molecule has 0 aliphatic carbocycles. The van der Waals surface area contributed by atoms with Gasteiger partial charge in [0.15, 0.2) is 0 Å². The molecule has 0 amide bonds. The molecule has 0 bridgehead atoms. The SMILES string of the molecule is C=CCOC(CO)C(O)COC. The molecular formula is C8H16O4. The molecule has 0 spiro atoms. The first kappa shape index (κ1) is 11.6. The molecule has 4 heteroatoms. The summed E-state index contributed by atoms with van der Waals surface area (Å²) in [6.07, 6.45) is 0.172. The van der Waals surface area contributed by atoms with E-state index in [1.165, 1.54) is 7.11 Å². The van der Waals surface area contributed by atoms with Crippen molar-refractivity contribution in [1.82, 2.24) is 0 Å². The molecule has 2 N–H and O–H groups in total. The van der Waals surface area contributed by atoms with Crippen molar-refractivity contribution >= 4 is 0 Å². The lowest BCUT2D eigenvalue weighted by molar-refractivity contribution is -0.0776. The van der Waals surface area contributed by atoms with Gasteiger partial charge in [0.1, 0.15) is 12.2 Å². The molecule has 2 unspecified atom stereocenters. The number of hydrogen-bond donors (Lipinski definition) is 2. The van der Waals surface area contributed by atoms with Gasteiger partial charge in [-0.1, -0.05) is 6.08 Å². The molecule has 0 aromatic rings. The molecule has 0 aliphatic heterocycles. The Bertz CT molecular complexity index is 116. The van der Waals surface area contributed by atoms with Crippen molar-refractivity contribution in [2.45, 2.75) is 12.2 Å². The lowest BCUT2D eigenvalue weighted by Crippen LogP contribution is -2.35. The van der Waals surface area contributed by atoms with Gasteiger partial charge in [0.2, 0.25) is 0 Å². The third-order valence-corrected chi connectivity index (χ3v) is 1.37. The average Bonchev–Trinajstić information content (AvgIpc) is 2.06. The Balaban J connectivity index is 3.69. The minimum Gasteiger partial charge on any atom is -0.394 e. The summed E-state index contributed by atoms with van der Waals surface area (Å²) in [5.41, 5.74) is 0. The Morgan fingerprint density at radius 3 is 2.67 bits per heavy atom. The summed E-state index contributed by atoms with van der Waals surface area (Å²) in [5.74, 6) is 0. The lowest BCUT2D eigenvalue weighted by Gasteiger charge is -2.19. The van der Waals surface area contributed by atoms with Crippen molar-refractivity contribution in [3.63, 3.8) is 0 Å². The van der Waals surface area contributed by atoms with Gasteiger partial charge in [0, 0.05) is 7.11 Å². The third kappa shape index (κ3) is 4.46. The van der Waals surface area contributed by atoms with Crippen LogP contribution in [0.3, 0.4) is 0 Å². The Labute approximate surface area is 72.4 Å². The number of rotatable bonds is 7. The Morgan fingerprint density at radius 1 is 1.58 bits per heavy atom. The summed E-state index contributed by atoms with van der Waals surface area (Å²) < 4.78 is 9.76. The molecule has 4 nitrogen and oxygen atoms in total. The molecule has 0 radical (unpaired) electrons. The summed E-state index contributed by atoms with van der Waals surface area (Å²) in [6, 6.07) is 0. The number of methoxy groups -OCH3 is 1. The normalized spacial score (nSPS) is 15.6. The molecule has 0 saturated heterocycles. The van der Waals surface area contributed by atoms with Gasteiger partial charge >= 0.3 is 0 Å².